The van der Waals surface area contributed by atoms with E-state index in [9.17, 15) is 33.6 Å². The fourth-order valence-corrected chi connectivity index (χ4v) is 13.0. The molecule has 0 N–H and O–H groups in total. The number of hydrogen-bond acceptors (Lipinski definition) is 14. The lowest BCUT2D eigenvalue weighted by Crippen LogP contribution is -2.80. The van der Waals surface area contributed by atoms with E-state index in [1.165, 1.54) is 32.9 Å². The third kappa shape index (κ3) is 5.14. The SMILES string of the molecule is C=C1CC23C(OC(C)=O)C4C5C(C)(C=O)C(OC(C)=O)C(OC(=O)c6ccccc6)C(OC(C)=O)C56C(C2C(OC(=O)c2ccccc2)C1C(OC(C)=O)C36)N4C. The van der Waals surface area contributed by atoms with Gasteiger partial charge >= 0.3 is 35.8 Å². The zero-order valence-electron chi connectivity index (χ0n) is 32.4. The molecule has 15 atom stereocenters. The van der Waals surface area contributed by atoms with E-state index in [4.69, 9.17) is 28.4 Å². The molecule has 0 aromatic heterocycles. The monoisotopic (exact) mass is 783 g/mol. The number of aldehydes is 1. The van der Waals surface area contributed by atoms with Crippen LogP contribution in [0, 0.1) is 39.9 Å². The quantitative estimate of drug-likeness (QED) is 0.156. The van der Waals surface area contributed by atoms with Crippen molar-refractivity contribution in [3.63, 3.8) is 0 Å². The number of benzene rings is 2. The highest BCUT2D eigenvalue weighted by molar-refractivity contribution is 5.90. The second-order valence-electron chi connectivity index (χ2n) is 16.7. The minimum Gasteiger partial charge on any atom is -0.461 e. The van der Waals surface area contributed by atoms with E-state index in [-0.39, 0.29) is 17.5 Å². The number of piperidine rings is 1. The van der Waals surface area contributed by atoms with Gasteiger partial charge in [-0.15, -0.1) is 0 Å². The van der Waals surface area contributed by atoms with Gasteiger partial charge in [0.25, 0.3) is 0 Å². The molecule has 14 nitrogen and oxygen atoms in total. The molecule has 7 bridgehead atoms. The number of hydrogen-bond donors (Lipinski definition) is 0. The fourth-order valence-electron chi connectivity index (χ4n) is 13.0. The van der Waals surface area contributed by atoms with Crippen molar-refractivity contribution in [2.45, 2.75) is 89.7 Å². The minimum absolute atomic E-state index is 0.149. The van der Waals surface area contributed by atoms with Crippen LogP contribution in [0.3, 0.4) is 0 Å². The van der Waals surface area contributed by atoms with Gasteiger partial charge < -0.3 is 33.2 Å². The first kappa shape index (κ1) is 38.5. The van der Waals surface area contributed by atoms with Crippen molar-refractivity contribution < 1.29 is 62.0 Å². The number of ether oxygens (including phenoxy) is 6. The Morgan fingerprint density at radius 3 is 1.67 bits per heavy atom. The summed E-state index contributed by atoms with van der Waals surface area (Å²) in [6.45, 7) is 10.9. The van der Waals surface area contributed by atoms with E-state index < -0.39 is 124 Å². The van der Waals surface area contributed by atoms with Gasteiger partial charge in [-0.1, -0.05) is 48.6 Å². The predicted molar refractivity (Wildman–Crippen MR) is 196 cm³/mol. The molecule has 2 saturated heterocycles. The van der Waals surface area contributed by atoms with Crippen LogP contribution in [0.2, 0.25) is 0 Å². The first-order valence-corrected chi connectivity index (χ1v) is 19.1. The molecule has 2 aromatic rings. The molecule has 6 saturated carbocycles. The van der Waals surface area contributed by atoms with Crippen molar-refractivity contribution in [1.29, 1.82) is 0 Å². The van der Waals surface area contributed by atoms with Gasteiger partial charge in [0.2, 0.25) is 0 Å². The first-order valence-electron chi connectivity index (χ1n) is 19.1. The number of rotatable bonds is 9. The maximum absolute atomic E-state index is 14.1. The van der Waals surface area contributed by atoms with Gasteiger partial charge in [-0.3, -0.25) is 24.1 Å². The molecule has 0 amide bonds. The number of nitrogens with zero attached hydrogens (tertiary/aromatic N) is 1. The van der Waals surface area contributed by atoms with Gasteiger partial charge in [0.05, 0.1) is 28.5 Å². The maximum Gasteiger partial charge on any atom is 0.338 e. The first-order chi connectivity index (χ1) is 27.0. The van der Waals surface area contributed by atoms with Crippen molar-refractivity contribution in [2.24, 2.45) is 39.9 Å². The summed E-state index contributed by atoms with van der Waals surface area (Å²) in [6.07, 6.45) is -6.73. The topological polar surface area (TPSA) is 178 Å². The molecule has 2 aliphatic heterocycles. The Hall–Kier alpha value is -5.37. The Morgan fingerprint density at radius 1 is 0.667 bits per heavy atom. The van der Waals surface area contributed by atoms with Gasteiger partial charge in [-0.05, 0) is 44.7 Å². The largest absolute Gasteiger partial charge is 0.461 e. The Balaban J connectivity index is 1.43. The van der Waals surface area contributed by atoms with E-state index in [2.05, 4.69) is 6.58 Å². The number of esters is 6. The zero-order chi connectivity index (χ0) is 40.9. The van der Waals surface area contributed by atoms with Crippen LogP contribution in [0.25, 0.3) is 0 Å². The van der Waals surface area contributed by atoms with Crippen molar-refractivity contribution >= 4 is 42.1 Å². The van der Waals surface area contributed by atoms with Crippen molar-refractivity contribution in [2.75, 3.05) is 7.05 Å². The summed E-state index contributed by atoms with van der Waals surface area (Å²) in [5.74, 6) is -7.57. The molecule has 8 fully saturated rings. The fraction of sp³-hybridized carbons (Fsp3) is 0.512. The normalized spacial score (nSPS) is 40.4. The Labute approximate surface area is 329 Å². The zero-order valence-corrected chi connectivity index (χ0v) is 32.4. The molecule has 57 heavy (non-hydrogen) atoms. The third-order valence-corrected chi connectivity index (χ3v) is 13.9. The van der Waals surface area contributed by atoms with E-state index in [0.29, 0.717) is 11.9 Å². The molecule has 15 unspecified atom stereocenters. The van der Waals surface area contributed by atoms with Crippen LogP contribution in [-0.4, -0.2) is 103 Å². The lowest BCUT2D eigenvalue weighted by Gasteiger charge is -2.70. The number of fused-ring (bicyclic) bond motifs is 1. The molecular weight excluding hydrogens is 738 g/mol. The van der Waals surface area contributed by atoms with Gasteiger partial charge in [0.1, 0.15) is 24.6 Å². The van der Waals surface area contributed by atoms with Crippen LogP contribution in [0.4, 0.5) is 0 Å². The summed E-state index contributed by atoms with van der Waals surface area (Å²) < 4.78 is 38.0. The van der Waals surface area contributed by atoms with Gasteiger partial charge in [0, 0.05) is 62.3 Å². The highest BCUT2D eigenvalue weighted by Gasteiger charge is 2.95. The Kier molecular flexibility index (Phi) is 9.02. The minimum atomic E-state index is -1.71. The second kappa shape index (κ2) is 13.4. The smallest absolute Gasteiger partial charge is 0.338 e. The molecule has 0 radical (unpaired) electrons. The Bertz CT molecular complexity index is 2070. The van der Waals surface area contributed by atoms with E-state index >= 15 is 0 Å². The molecule has 10 rings (SSSR count). The van der Waals surface area contributed by atoms with Crippen LogP contribution >= 0.6 is 0 Å². The lowest BCUT2D eigenvalue weighted by molar-refractivity contribution is -0.302. The standard InChI is InChI=1S/C43H45NO13/c1-20-18-42-28-30(56-39(50)25-14-10-8-11-15-25)27(20)31(52-21(2)46)34(42)43-33(29(44(7)35(28)43)36(42)53-22(3)47)41(6,19-45)37(54-23(4)48)32(38(43)55-24(5)49)57-40(51)26-16-12-9-13-17-26/h8-17,19,27-38H,1,18H2,2-7H3. The van der Waals surface area contributed by atoms with Gasteiger partial charge in [-0.2, -0.15) is 0 Å². The van der Waals surface area contributed by atoms with Crippen molar-refractivity contribution in [3.8, 4) is 0 Å². The Morgan fingerprint density at radius 2 is 1.16 bits per heavy atom. The molecule has 6 aliphatic carbocycles. The molecular formula is C43H45NO13. The summed E-state index contributed by atoms with van der Waals surface area (Å²) in [5.41, 5.74) is -3.28. The van der Waals surface area contributed by atoms with Crippen LogP contribution in [-0.2, 0) is 52.4 Å². The molecule has 2 spiro atoms. The molecule has 14 heteroatoms. The summed E-state index contributed by atoms with van der Waals surface area (Å²) >= 11 is 0. The van der Waals surface area contributed by atoms with Crippen LogP contribution in [0.1, 0.15) is 61.8 Å². The van der Waals surface area contributed by atoms with Crippen molar-refractivity contribution in [1.82, 2.24) is 4.90 Å². The number of likely N-dealkylation sites (N-methyl/N-ethyl adjacent to an activating group) is 1. The predicted octanol–water partition coefficient (Wildman–Crippen LogP) is 3.50. The molecule has 2 heterocycles. The maximum atomic E-state index is 14.1. The highest BCUT2D eigenvalue weighted by Crippen LogP contribution is 2.86. The average Bonchev–Trinajstić information content (AvgIpc) is 3.47. The third-order valence-electron chi connectivity index (χ3n) is 13.9. The van der Waals surface area contributed by atoms with Crippen molar-refractivity contribution in [3.05, 3.63) is 83.9 Å². The lowest BCUT2D eigenvalue weighted by atomic mass is 9.37. The summed E-state index contributed by atoms with van der Waals surface area (Å²) in [6, 6.07) is 15.0. The van der Waals surface area contributed by atoms with Gasteiger partial charge in [0.15, 0.2) is 18.3 Å². The van der Waals surface area contributed by atoms with Gasteiger partial charge in [-0.25, -0.2) is 9.59 Å². The van der Waals surface area contributed by atoms with Crippen LogP contribution < -0.4 is 0 Å². The van der Waals surface area contributed by atoms with E-state index in [0.717, 1.165) is 6.92 Å². The van der Waals surface area contributed by atoms with Crippen LogP contribution in [0.15, 0.2) is 72.8 Å². The summed E-state index contributed by atoms with van der Waals surface area (Å²) in [4.78, 5) is 97.1. The number of carbonyl (C=O) groups excluding carboxylic acids is 7. The summed E-state index contributed by atoms with van der Waals surface area (Å²) in [7, 11) is 1.81. The summed E-state index contributed by atoms with van der Waals surface area (Å²) in [5, 5.41) is 0. The average molecular weight is 784 g/mol. The van der Waals surface area contributed by atoms with E-state index in [1.807, 2.05) is 4.90 Å². The number of carbonyl (C=O) groups is 7. The molecule has 300 valence electrons. The molecule has 2 aromatic carbocycles. The second-order valence-corrected chi connectivity index (χ2v) is 16.7. The van der Waals surface area contributed by atoms with Crippen LogP contribution in [0.5, 0.6) is 0 Å². The van der Waals surface area contributed by atoms with E-state index in [1.54, 1.807) is 62.5 Å². The highest BCUT2D eigenvalue weighted by atomic mass is 16.6. The molecule has 8 aliphatic rings.